The summed E-state index contributed by atoms with van der Waals surface area (Å²) >= 11 is 0. The number of nitrogens with one attached hydrogen (secondary N) is 3. The number of ether oxygens (including phenoxy) is 1. The van der Waals surface area contributed by atoms with Crippen LogP contribution in [0.2, 0.25) is 0 Å². The maximum Gasteiger partial charge on any atom is 0.243 e. The number of aryl methyl sites for hydroxylation is 1. The second-order valence-corrected chi connectivity index (χ2v) is 7.46. The van der Waals surface area contributed by atoms with Crippen molar-refractivity contribution >= 4 is 27.5 Å². The molecule has 2 amide bonds. The molecule has 144 valence electrons. The lowest BCUT2D eigenvalue weighted by molar-refractivity contribution is -0.123. The van der Waals surface area contributed by atoms with Gasteiger partial charge in [-0.05, 0) is 43.3 Å². The monoisotopic (exact) mass is 391 g/mol. The van der Waals surface area contributed by atoms with Crippen molar-refractivity contribution in [3.05, 3.63) is 54.1 Å². The van der Waals surface area contributed by atoms with Crippen LogP contribution in [0.3, 0.4) is 0 Å². The van der Waals surface area contributed by atoms with E-state index in [-0.39, 0.29) is 11.4 Å². The van der Waals surface area contributed by atoms with Gasteiger partial charge in [0.1, 0.15) is 5.75 Å². The summed E-state index contributed by atoms with van der Waals surface area (Å²) in [5, 5.41) is 4.96. The third kappa shape index (κ3) is 6.39. The van der Waals surface area contributed by atoms with Gasteiger partial charge in [0.05, 0.1) is 25.1 Å². The van der Waals surface area contributed by atoms with Crippen molar-refractivity contribution in [3.8, 4) is 5.75 Å². The van der Waals surface area contributed by atoms with Gasteiger partial charge in [0.25, 0.3) is 0 Å². The van der Waals surface area contributed by atoms with E-state index in [1.54, 1.807) is 36.4 Å². The predicted octanol–water partition coefficient (Wildman–Crippen LogP) is 1.04. The fourth-order valence-electron chi connectivity index (χ4n) is 2.08. The Kier molecular flexibility index (Phi) is 6.91. The van der Waals surface area contributed by atoms with Gasteiger partial charge >= 0.3 is 0 Å². The summed E-state index contributed by atoms with van der Waals surface area (Å²) in [6.45, 7) is 1.09. The number of anilines is 1. The van der Waals surface area contributed by atoms with Crippen LogP contribution in [0.5, 0.6) is 5.75 Å². The zero-order valence-corrected chi connectivity index (χ0v) is 15.8. The molecule has 0 fully saturated rings. The van der Waals surface area contributed by atoms with Gasteiger partial charge in [-0.2, -0.15) is 0 Å². The Morgan fingerprint density at radius 2 is 1.56 bits per heavy atom. The average Bonchev–Trinajstić information content (AvgIpc) is 2.66. The van der Waals surface area contributed by atoms with Crippen LogP contribution < -0.4 is 20.1 Å². The van der Waals surface area contributed by atoms with E-state index >= 15 is 0 Å². The summed E-state index contributed by atoms with van der Waals surface area (Å²) in [6.07, 6.45) is 0. The number of hydrogen-bond donors (Lipinski definition) is 3. The Morgan fingerprint density at radius 1 is 0.926 bits per heavy atom. The molecule has 0 saturated heterocycles. The fourth-order valence-corrected chi connectivity index (χ4v) is 3.06. The number of methoxy groups -OCH3 is 1. The average molecular weight is 391 g/mol. The molecule has 0 saturated carbocycles. The van der Waals surface area contributed by atoms with Gasteiger partial charge < -0.3 is 15.4 Å². The molecule has 0 atom stereocenters. The summed E-state index contributed by atoms with van der Waals surface area (Å²) in [5.41, 5.74) is 1.48. The van der Waals surface area contributed by atoms with E-state index in [0.717, 1.165) is 5.56 Å². The molecule has 8 nitrogen and oxygen atoms in total. The number of carbonyl (C=O) groups is 2. The highest BCUT2D eigenvalue weighted by Crippen LogP contribution is 2.14. The first-order valence-corrected chi connectivity index (χ1v) is 9.55. The van der Waals surface area contributed by atoms with Gasteiger partial charge in [0.2, 0.25) is 21.8 Å². The van der Waals surface area contributed by atoms with Crippen LogP contribution in [0.4, 0.5) is 5.69 Å². The quantitative estimate of drug-likeness (QED) is 0.622. The lowest BCUT2D eigenvalue weighted by Crippen LogP contribution is -2.40. The number of benzene rings is 2. The highest BCUT2D eigenvalue weighted by atomic mass is 32.2. The van der Waals surface area contributed by atoms with Crippen molar-refractivity contribution in [1.29, 1.82) is 0 Å². The number of sulfonamides is 1. The number of amides is 2. The Labute approximate surface area is 158 Å². The molecule has 0 unspecified atom stereocenters. The highest BCUT2D eigenvalue weighted by Gasteiger charge is 2.15. The summed E-state index contributed by atoms with van der Waals surface area (Å²) in [7, 11) is -2.25. The largest absolute Gasteiger partial charge is 0.497 e. The summed E-state index contributed by atoms with van der Waals surface area (Å²) in [6, 6.07) is 12.9. The molecule has 3 N–H and O–H groups in total. The molecule has 2 rings (SSSR count). The predicted molar refractivity (Wildman–Crippen MR) is 101 cm³/mol. The fraction of sp³-hybridized carbons (Fsp3) is 0.222. The van der Waals surface area contributed by atoms with E-state index in [1.165, 1.54) is 19.2 Å². The van der Waals surface area contributed by atoms with Gasteiger partial charge in [-0.25, -0.2) is 13.1 Å². The minimum absolute atomic E-state index is 0.0677. The van der Waals surface area contributed by atoms with Gasteiger partial charge in [-0.15, -0.1) is 0 Å². The van der Waals surface area contributed by atoms with Crippen molar-refractivity contribution in [2.24, 2.45) is 0 Å². The molecule has 0 aliphatic heterocycles. The molecule has 2 aromatic rings. The van der Waals surface area contributed by atoms with E-state index in [2.05, 4.69) is 15.4 Å². The highest BCUT2D eigenvalue weighted by molar-refractivity contribution is 7.89. The van der Waals surface area contributed by atoms with Crippen molar-refractivity contribution in [2.75, 3.05) is 25.5 Å². The third-order valence-electron chi connectivity index (χ3n) is 3.57. The first-order valence-electron chi connectivity index (χ1n) is 8.07. The standard InChI is InChI=1S/C18H21N3O5S/c1-13-3-9-16(10-4-13)27(24,25)20-12-17(22)19-11-18(23)21-14-5-7-15(26-2)8-6-14/h3-10,20H,11-12H2,1-2H3,(H,19,22)(H,21,23). The Bertz CT molecular complexity index is 894. The number of carbonyl (C=O) groups excluding carboxylic acids is 2. The Hall–Kier alpha value is -2.91. The van der Waals surface area contributed by atoms with Gasteiger partial charge in [0, 0.05) is 5.69 Å². The third-order valence-corrected chi connectivity index (χ3v) is 4.99. The first-order chi connectivity index (χ1) is 12.8. The minimum Gasteiger partial charge on any atom is -0.497 e. The molecule has 0 radical (unpaired) electrons. The zero-order valence-electron chi connectivity index (χ0n) is 15.0. The summed E-state index contributed by atoms with van der Waals surface area (Å²) < 4.78 is 31.4. The molecule has 0 spiro atoms. The van der Waals surface area contributed by atoms with E-state index in [0.29, 0.717) is 11.4 Å². The molecule has 2 aromatic carbocycles. The SMILES string of the molecule is COc1ccc(NC(=O)CNC(=O)CNS(=O)(=O)c2ccc(C)cc2)cc1. The molecule has 0 aromatic heterocycles. The maximum atomic E-state index is 12.1. The molecule has 0 aliphatic rings. The van der Waals surface area contributed by atoms with E-state index in [1.807, 2.05) is 6.92 Å². The van der Waals surface area contributed by atoms with Gasteiger partial charge in [-0.1, -0.05) is 17.7 Å². The molecule has 9 heteroatoms. The van der Waals surface area contributed by atoms with Crippen molar-refractivity contribution in [2.45, 2.75) is 11.8 Å². The smallest absolute Gasteiger partial charge is 0.243 e. The number of hydrogen-bond acceptors (Lipinski definition) is 5. The Morgan fingerprint density at radius 3 is 2.15 bits per heavy atom. The second kappa shape index (κ2) is 9.15. The topological polar surface area (TPSA) is 114 Å². The van der Waals surface area contributed by atoms with Crippen molar-refractivity contribution in [3.63, 3.8) is 0 Å². The van der Waals surface area contributed by atoms with E-state index < -0.39 is 28.4 Å². The van der Waals surface area contributed by atoms with E-state index in [4.69, 9.17) is 4.74 Å². The lowest BCUT2D eigenvalue weighted by atomic mass is 10.2. The molecule has 0 heterocycles. The van der Waals surface area contributed by atoms with Crippen molar-refractivity contribution < 1.29 is 22.7 Å². The lowest BCUT2D eigenvalue weighted by Gasteiger charge is -2.09. The maximum absolute atomic E-state index is 12.1. The van der Waals surface area contributed by atoms with Crippen LogP contribution in [0.15, 0.2) is 53.4 Å². The molecular weight excluding hydrogens is 370 g/mol. The van der Waals surface area contributed by atoms with E-state index in [9.17, 15) is 18.0 Å². The van der Waals surface area contributed by atoms with Crippen LogP contribution in [0, 0.1) is 6.92 Å². The summed E-state index contributed by atoms with van der Waals surface area (Å²) in [4.78, 5) is 23.7. The van der Waals surface area contributed by atoms with Crippen LogP contribution in [-0.2, 0) is 19.6 Å². The van der Waals surface area contributed by atoms with Crippen LogP contribution >= 0.6 is 0 Å². The Balaban J connectivity index is 1.78. The van der Waals surface area contributed by atoms with Crippen molar-refractivity contribution in [1.82, 2.24) is 10.0 Å². The second-order valence-electron chi connectivity index (χ2n) is 5.69. The molecule has 0 aliphatic carbocycles. The molecule has 0 bridgehead atoms. The number of rotatable bonds is 8. The minimum atomic E-state index is -3.79. The van der Waals surface area contributed by atoms with Gasteiger partial charge in [0.15, 0.2) is 0 Å². The molecule has 27 heavy (non-hydrogen) atoms. The van der Waals surface area contributed by atoms with Gasteiger partial charge in [-0.3, -0.25) is 9.59 Å². The van der Waals surface area contributed by atoms with Crippen LogP contribution in [0.1, 0.15) is 5.56 Å². The molecular formula is C18H21N3O5S. The van der Waals surface area contributed by atoms with Crippen LogP contribution in [-0.4, -0.2) is 40.4 Å². The summed E-state index contributed by atoms with van der Waals surface area (Å²) in [5.74, 6) is -0.396. The van der Waals surface area contributed by atoms with Crippen LogP contribution in [0.25, 0.3) is 0 Å². The first kappa shape index (κ1) is 20.4. The zero-order chi connectivity index (χ0) is 19.9. The normalized spacial score (nSPS) is 10.9.